The monoisotopic (exact) mass is 475 g/mol. The lowest BCUT2D eigenvalue weighted by Gasteiger charge is -2.13. The molecule has 7 nitrogen and oxygen atoms in total. The number of nitrogens with one attached hydrogen (secondary N) is 1. The zero-order chi connectivity index (χ0) is 23.3. The summed E-state index contributed by atoms with van der Waals surface area (Å²) in [6, 6.07) is 11.6. The Morgan fingerprint density at radius 2 is 1.88 bits per heavy atom. The molecule has 0 spiro atoms. The number of halogens is 1. The van der Waals surface area contributed by atoms with E-state index in [2.05, 4.69) is 16.3 Å². The van der Waals surface area contributed by atoms with E-state index in [0.717, 1.165) is 23.7 Å². The molecule has 2 amide bonds. The van der Waals surface area contributed by atoms with Gasteiger partial charge in [0.05, 0.1) is 4.90 Å². The highest BCUT2D eigenvalue weighted by Gasteiger charge is 2.39. The van der Waals surface area contributed by atoms with Gasteiger partial charge in [0.25, 0.3) is 10.0 Å². The van der Waals surface area contributed by atoms with E-state index in [1.165, 1.54) is 47.4 Å². The standard InChI is InChI=1S/C22H22FN3O4S2/c1-3-13-26-21(28)19(14-20(27)24-17-9-7-16(23)8-10-17)31-22(26)25-32(29,30)18-11-5-15(4-2)6-12-18/h3,5-12,19H,1,4,13-14H2,2H3,(H,24,27)/b25-22-. The van der Waals surface area contributed by atoms with Gasteiger partial charge in [-0.1, -0.05) is 36.9 Å². The third-order valence-electron chi connectivity index (χ3n) is 4.66. The van der Waals surface area contributed by atoms with Crippen molar-refractivity contribution in [1.29, 1.82) is 0 Å². The maximum absolute atomic E-state index is 13.0. The van der Waals surface area contributed by atoms with Crippen LogP contribution in [0.1, 0.15) is 18.9 Å². The quantitative estimate of drug-likeness (QED) is 0.589. The van der Waals surface area contributed by atoms with Crippen molar-refractivity contribution in [3.05, 3.63) is 72.6 Å². The Bertz CT molecular complexity index is 1150. The first-order chi connectivity index (χ1) is 15.2. The largest absolute Gasteiger partial charge is 0.326 e. The SMILES string of the molecule is C=CCN1C(=O)C(CC(=O)Nc2ccc(F)cc2)S/C1=N\S(=O)(=O)c1ccc(CC)cc1. The third kappa shape index (κ3) is 5.63. The lowest BCUT2D eigenvalue weighted by molar-refractivity contribution is -0.127. The van der Waals surface area contributed by atoms with Crippen LogP contribution in [0.5, 0.6) is 0 Å². The molecule has 0 aliphatic carbocycles. The van der Waals surface area contributed by atoms with Gasteiger partial charge in [-0.3, -0.25) is 14.5 Å². The second kappa shape index (κ2) is 10.1. The fraction of sp³-hybridized carbons (Fsp3) is 0.227. The summed E-state index contributed by atoms with van der Waals surface area (Å²) in [6.07, 6.45) is 2.03. The molecule has 1 unspecified atom stereocenters. The number of thioether (sulfide) groups is 1. The Balaban J connectivity index is 1.78. The van der Waals surface area contributed by atoms with E-state index in [1.807, 2.05) is 6.92 Å². The van der Waals surface area contributed by atoms with Crippen LogP contribution in [0, 0.1) is 5.82 Å². The Morgan fingerprint density at radius 3 is 2.47 bits per heavy atom. The molecule has 0 radical (unpaired) electrons. The minimum absolute atomic E-state index is 0.00551. The number of amides is 2. The van der Waals surface area contributed by atoms with Gasteiger partial charge >= 0.3 is 0 Å². The topological polar surface area (TPSA) is 95.9 Å². The van der Waals surface area contributed by atoms with Gasteiger partial charge in [0.2, 0.25) is 11.8 Å². The van der Waals surface area contributed by atoms with Crippen LogP contribution in [-0.4, -0.2) is 42.1 Å². The van der Waals surface area contributed by atoms with E-state index < -0.39 is 32.9 Å². The number of amidine groups is 1. The molecule has 1 heterocycles. The zero-order valence-corrected chi connectivity index (χ0v) is 19.0. The summed E-state index contributed by atoms with van der Waals surface area (Å²) in [7, 11) is -4.04. The second-order valence-corrected chi connectivity index (χ2v) is 9.72. The number of rotatable bonds is 8. The van der Waals surface area contributed by atoms with E-state index in [0.29, 0.717) is 5.69 Å². The van der Waals surface area contributed by atoms with Crippen molar-refractivity contribution in [2.24, 2.45) is 4.40 Å². The zero-order valence-electron chi connectivity index (χ0n) is 17.3. The van der Waals surface area contributed by atoms with Crippen molar-refractivity contribution in [2.45, 2.75) is 29.9 Å². The molecule has 3 rings (SSSR count). The van der Waals surface area contributed by atoms with Gasteiger partial charge in [-0.15, -0.1) is 11.0 Å². The Morgan fingerprint density at radius 1 is 1.22 bits per heavy atom. The van der Waals surface area contributed by atoms with Crippen LogP contribution in [0.3, 0.4) is 0 Å². The van der Waals surface area contributed by atoms with E-state index in [-0.39, 0.29) is 23.0 Å². The number of aryl methyl sites for hydroxylation is 1. The van der Waals surface area contributed by atoms with Crippen LogP contribution in [0.15, 0.2) is 70.5 Å². The first kappa shape index (κ1) is 23.7. The number of sulfonamides is 1. The normalized spacial score (nSPS) is 17.6. The molecule has 2 aromatic carbocycles. The minimum atomic E-state index is -4.04. The summed E-state index contributed by atoms with van der Waals surface area (Å²) in [4.78, 5) is 26.4. The van der Waals surface area contributed by atoms with Gasteiger partial charge in [-0.25, -0.2) is 4.39 Å². The van der Waals surface area contributed by atoms with Crippen LogP contribution in [0.25, 0.3) is 0 Å². The van der Waals surface area contributed by atoms with E-state index in [9.17, 15) is 22.4 Å². The van der Waals surface area contributed by atoms with Crippen LogP contribution in [0.4, 0.5) is 10.1 Å². The number of nitrogens with zero attached hydrogens (tertiary/aromatic N) is 2. The summed E-state index contributed by atoms with van der Waals surface area (Å²) in [6.45, 7) is 5.62. The molecule has 2 aromatic rings. The highest BCUT2D eigenvalue weighted by Crippen LogP contribution is 2.31. The maximum Gasteiger partial charge on any atom is 0.284 e. The van der Waals surface area contributed by atoms with Gasteiger partial charge in [-0.05, 0) is 48.4 Å². The molecule has 1 aliphatic rings. The molecule has 0 aromatic heterocycles. The van der Waals surface area contributed by atoms with Crippen molar-refractivity contribution in [3.8, 4) is 0 Å². The lowest BCUT2D eigenvalue weighted by atomic mass is 10.2. The molecular weight excluding hydrogens is 453 g/mol. The van der Waals surface area contributed by atoms with E-state index in [1.54, 1.807) is 12.1 Å². The number of benzene rings is 2. The molecule has 1 atom stereocenters. The highest BCUT2D eigenvalue weighted by atomic mass is 32.2. The summed E-state index contributed by atoms with van der Waals surface area (Å²) in [5.74, 6) is -1.32. The summed E-state index contributed by atoms with van der Waals surface area (Å²) in [5, 5.41) is 1.75. The van der Waals surface area contributed by atoms with Gasteiger partial charge in [-0.2, -0.15) is 8.42 Å². The highest BCUT2D eigenvalue weighted by molar-refractivity contribution is 8.16. The number of hydrogen-bond acceptors (Lipinski definition) is 5. The van der Waals surface area contributed by atoms with Crippen molar-refractivity contribution in [2.75, 3.05) is 11.9 Å². The second-order valence-electron chi connectivity index (χ2n) is 6.95. The van der Waals surface area contributed by atoms with Gasteiger partial charge < -0.3 is 5.32 Å². The summed E-state index contributed by atoms with van der Waals surface area (Å²) < 4.78 is 42.4. The first-order valence-electron chi connectivity index (χ1n) is 9.81. The minimum Gasteiger partial charge on any atom is -0.326 e. The number of carbonyl (C=O) groups excluding carboxylic acids is 2. The molecule has 168 valence electrons. The predicted molar refractivity (Wildman–Crippen MR) is 123 cm³/mol. The molecule has 0 bridgehead atoms. The van der Waals surface area contributed by atoms with E-state index >= 15 is 0 Å². The fourth-order valence-corrected chi connectivity index (χ4v) is 5.34. The van der Waals surface area contributed by atoms with Crippen molar-refractivity contribution >= 4 is 44.5 Å². The fourth-order valence-electron chi connectivity index (χ4n) is 2.97. The predicted octanol–water partition coefficient (Wildman–Crippen LogP) is 3.59. The maximum atomic E-state index is 13.0. The third-order valence-corrected chi connectivity index (χ3v) is 7.23. The van der Waals surface area contributed by atoms with Crippen molar-refractivity contribution in [1.82, 2.24) is 4.90 Å². The average molecular weight is 476 g/mol. The molecule has 32 heavy (non-hydrogen) atoms. The van der Waals surface area contributed by atoms with Crippen LogP contribution in [0.2, 0.25) is 0 Å². The Kier molecular flexibility index (Phi) is 7.47. The average Bonchev–Trinajstić information content (AvgIpc) is 3.04. The van der Waals surface area contributed by atoms with Crippen LogP contribution < -0.4 is 5.32 Å². The lowest BCUT2D eigenvalue weighted by Crippen LogP contribution is -2.33. The van der Waals surface area contributed by atoms with Gasteiger partial charge in [0, 0.05) is 18.7 Å². The Hall–Kier alpha value is -2.98. The molecule has 1 N–H and O–H groups in total. The molecular formula is C22H22FN3O4S2. The number of hydrogen-bond donors (Lipinski definition) is 1. The molecule has 1 aliphatic heterocycles. The summed E-state index contributed by atoms with van der Waals surface area (Å²) >= 11 is 0.916. The molecule has 1 fully saturated rings. The molecule has 1 saturated heterocycles. The smallest absolute Gasteiger partial charge is 0.284 e. The van der Waals surface area contributed by atoms with Crippen LogP contribution in [-0.2, 0) is 26.0 Å². The van der Waals surface area contributed by atoms with Crippen molar-refractivity contribution < 1.29 is 22.4 Å². The first-order valence-corrected chi connectivity index (χ1v) is 12.1. The summed E-state index contributed by atoms with van der Waals surface area (Å²) in [5.41, 5.74) is 1.38. The van der Waals surface area contributed by atoms with Crippen molar-refractivity contribution in [3.63, 3.8) is 0 Å². The number of carbonyl (C=O) groups is 2. The molecule has 0 saturated carbocycles. The molecule has 10 heteroatoms. The van der Waals surface area contributed by atoms with Crippen LogP contribution >= 0.6 is 11.8 Å². The Labute approximate surface area is 190 Å². The number of anilines is 1. The van der Waals surface area contributed by atoms with E-state index in [4.69, 9.17) is 0 Å². The van der Waals surface area contributed by atoms with Gasteiger partial charge in [0.15, 0.2) is 5.17 Å². The van der Waals surface area contributed by atoms with Gasteiger partial charge in [0.1, 0.15) is 11.1 Å².